The predicted octanol–water partition coefficient (Wildman–Crippen LogP) is 0.966. The third-order valence-electron chi connectivity index (χ3n) is 3.14. The molecule has 1 saturated carbocycles. The minimum Gasteiger partial charge on any atom is -0.358 e. The molecule has 0 spiro atoms. The number of amides is 1. The summed E-state index contributed by atoms with van der Waals surface area (Å²) in [5, 5.41) is 5.94. The van der Waals surface area contributed by atoms with Crippen LogP contribution in [0.4, 0.5) is 11.6 Å². The fraction of sp³-hybridized carbons (Fsp3) is 0.615. The Hall–Kier alpha value is -1.89. The fourth-order valence-electron chi connectivity index (χ4n) is 1.83. The summed E-state index contributed by atoms with van der Waals surface area (Å²) in [4.78, 5) is 20.6. The van der Waals surface area contributed by atoms with Gasteiger partial charge in [0, 0.05) is 18.5 Å². The Morgan fingerprint density at radius 1 is 1.45 bits per heavy atom. The van der Waals surface area contributed by atoms with Gasteiger partial charge in [0.05, 0.1) is 0 Å². The van der Waals surface area contributed by atoms with Crippen LogP contribution in [-0.2, 0) is 4.79 Å². The number of anilines is 2. The molecule has 7 heteroatoms. The molecule has 1 aromatic rings. The average molecular weight is 278 g/mol. The van der Waals surface area contributed by atoms with E-state index in [-0.39, 0.29) is 11.9 Å². The minimum atomic E-state index is -0.353. The Morgan fingerprint density at radius 2 is 2.15 bits per heavy atom. The number of nitrogens with two attached hydrogens (primary N) is 1. The molecule has 1 unspecified atom stereocenters. The molecule has 0 aromatic carbocycles. The number of hydrogen-bond acceptors (Lipinski definition) is 6. The Labute approximate surface area is 118 Å². The van der Waals surface area contributed by atoms with Crippen LogP contribution in [0.5, 0.6) is 0 Å². The molecule has 1 heterocycles. The summed E-state index contributed by atoms with van der Waals surface area (Å²) in [6, 6.07) is 1.35. The van der Waals surface area contributed by atoms with Crippen molar-refractivity contribution < 1.29 is 4.79 Å². The van der Waals surface area contributed by atoms with Gasteiger partial charge in [-0.05, 0) is 26.2 Å². The number of hydrazine groups is 1. The Bertz CT molecular complexity index is 474. The van der Waals surface area contributed by atoms with Gasteiger partial charge >= 0.3 is 0 Å². The minimum absolute atomic E-state index is 0.0410. The summed E-state index contributed by atoms with van der Waals surface area (Å²) in [6.45, 7) is 4.50. The highest BCUT2D eigenvalue weighted by Crippen LogP contribution is 2.38. The lowest BCUT2D eigenvalue weighted by Gasteiger charge is -2.15. The first-order chi connectivity index (χ1) is 9.63. The van der Waals surface area contributed by atoms with Gasteiger partial charge in [-0.15, -0.1) is 0 Å². The van der Waals surface area contributed by atoms with E-state index in [0.29, 0.717) is 24.1 Å². The van der Waals surface area contributed by atoms with E-state index in [1.807, 2.05) is 6.92 Å². The molecule has 1 aliphatic carbocycles. The smallest absolute Gasteiger partial charge is 0.242 e. The van der Waals surface area contributed by atoms with Gasteiger partial charge < -0.3 is 16.1 Å². The third kappa shape index (κ3) is 3.80. The Balaban J connectivity index is 2.04. The number of carbonyl (C=O) groups is 1. The van der Waals surface area contributed by atoms with E-state index in [9.17, 15) is 4.79 Å². The Morgan fingerprint density at radius 3 is 2.75 bits per heavy atom. The van der Waals surface area contributed by atoms with Crippen LogP contribution >= 0.6 is 0 Å². The van der Waals surface area contributed by atoms with E-state index >= 15 is 0 Å². The van der Waals surface area contributed by atoms with Crippen LogP contribution in [0.1, 0.15) is 44.9 Å². The van der Waals surface area contributed by atoms with E-state index in [2.05, 4.69) is 26.0 Å². The molecule has 0 saturated heterocycles. The average Bonchev–Trinajstić information content (AvgIpc) is 3.28. The number of nitrogens with one attached hydrogen (secondary N) is 3. The molecule has 20 heavy (non-hydrogen) atoms. The van der Waals surface area contributed by atoms with Gasteiger partial charge in [-0.25, -0.2) is 15.8 Å². The summed E-state index contributed by atoms with van der Waals surface area (Å²) >= 11 is 0. The molecule has 0 bridgehead atoms. The molecule has 110 valence electrons. The lowest BCUT2D eigenvalue weighted by Crippen LogP contribution is -2.38. The van der Waals surface area contributed by atoms with Crippen LogP contribution in [-0.4, -0.2) is 28.5 Å². The molecule has 1 amide bonds. The van der Waals surface area contributed by atoms with Gasteiger partial charge in [0.15, 0.2) is 0 Å². The topological polar surface area (TPSA) is 105 Å². The molecule has 1 fully saturated rings. The molecule has 2 rings (SSSR count). The second-order valence-corrected chi connectivity index (χ2v) is 5.07. The summed E-state index contributed by atoms with van der Waals surface area (Å²) in [5.74, 6) is 7.76. The highest BCUT2D eigenvalue weighted by Gasteiger charge is 2.27. The van der Waals surface area contributed by atoms with E-state index in [4.69, 9.17) is 5.84 Å². The number of hydrogen-bond donors (Lipinski definition) is 4. The number of nitrogens with zero attached hydrogens (tertiary/aromatic N) is 2. The lowest BCUT2D eigenvalue weighted by molar-refractivity contribution is -0.121. The second-order valence-electron chi connectivity index (χ2n) is 5.07. The number of rotatable bonds is 7. The maximum Gasteiger partial charge on any atom is 0.242 e. The molecular formula is C13H22N6O. The normalized spacial score (nSPS) is 15.6. The van der Waals surface area contributed by atoms with E-state index < -0.39 is 0 Å². The van der Waals surface area contributed by atoms with Crippen LogP contribution in [0.15, 0.2) is 6.07 Å². The van der Waals surface area contributed by atoms with Crippen LogP contribution in [0.2, 0.25) is 0 Å². The largest absolute Gasteiger partial charge is 0.358 e. The van der Waals surface area contributed by atoms with Crippen molar-refractivity contribution in [3.05, 3.63) is 11.9 Å². The van der Waals surface area contributed by atoms with Gasteiger partial charge in [-0.2, -0.15) is 0 Å². The lowest BCUT2D eigenvalue weighted by atomic mass is 10.3. The van der Waals surface area contributed by atoms with Gasteiger partial charge in [-0.3, -0.25) is 4.79 Å². The zero-order valence-electron chi connectivity index (χ0n) is 11.9. The first-order valence-corrected chi connectivity index (χ1v) is 7.04. The Kier molecular flexibility index (Phi) is 4.73. The molecule has 7 nitrogen and oxygen atoms in total. The standard InChI is InChI=1S/C13H22N6O/c1-3-6-15-13(20)8(2)16-10-7-11(19-14)18-12(17-10)9-4-5-9/h7-9H,3-6,14H2,1-2H3,(H,15,20)(H2,16,17,18,19). The number of carbonyl (C=O) groups excluding carboxylic acids is 1. The van der Waals surface area contributed by atoms with E-state index in [1.165, 1.54) is 0 Å². The summed E-state index contributed by atoms with van der Waals surface area (Å²) in [6.07, 6.45) is 3.14. The van der Waals surface area contributed by atoms with Gasteiger partial charge in [0.1, 0.15) is 23.5 Å². The molecule has 0 aliphatic heterocycles. The van der Waals surface area contributed by atoms with Gasteiger partial charge in [0.2, 0.25) is 5.91 Å². The summed E-state index contributed by atoms with van der Waals surface area (Å²) in [5.41, 5.74) is 2.54. The van der Waals surface area contributed by atoms with Crippen LogP contribution < -0.4 is 21.9 Å². The van der Waals surface area contributed by atoms with Crippen molar-refractivity contribution in [2.45, 2.75) is 45.1 Å². The molecule has 1 aliphatic rings. The van der Waals surface area contributed by atoms with Crippen molar-refractivity contribution in [3.63, 3.8) is 0 Å². The van der Waals surface area contributed by atoms with Crippen molar-refractivity contribution >= 4 is 17.5 Å². The summed E-state index contributed by atoms with van der Waals surface area (Å²) in [7, 11) is 0. The SMILES string of the molecule is CCCNC(=O)C(C)Nc1cc(NN)nc(C2CC2)n1. The zero-order chi connectivity index (χ0) is 14.5. The maximum absolute atomic E-state index is 11.8. The fourth-order valence-corrected chi connectivity index (χ4v) is 1.83. The van der Waals surface area contributed by atoms with Crippen molar-refractivity contribution in [1.82, 2.24) is 15.3 Å². The second kappa shape index (κ2) is 6.51. The highest BCUT2D eigenvalue weighted by molar-refractivity contribution is 5.83. The predicted molar refractivity (Wildman–Crippen MR) is 78.2 cm³/mol. The van der Waals surface area contributed by atoms with E-state index in [0.717, 1.165) is 25.1 Å². The summed E-state index contributed by atoms with van der Waals surface area (Å²) < 4.78 is 0. The third-order valence-corrected chi connectivity index (χ3v) is 3.14. The van der Waals surface area contributed by atoms with Crippen molar-refractivity contribution in [3.8, 4) is 0 Å². The van der Waals surface area contributed by atoms with Crippen molar-refractivity contribution in [1.29, 1.82) is 0 Å². The molecule has 1 aromatic heterocycles. The molecule has 1 atom stereocenters. The first-order valence-electron chi connectivity index (χ1n) is 7.04. The van der Waals surface area contributed by atoms with Crippen LogP contribution in [0.25, 0.3) is 0 Å². The highest BCUT2D eigenvalue weighted by atomic mass is 16.2. The van der Waals surface area contributed by atoms with Crippen LogP contribution in [0.3, 0.4) is 0 Å². The van der Waals surface area contributed by atoms with E-state index in [1.54, 1.807) is 13.0 Å². The monoisotopic (exact) mass is 278 g/mol. The molecule has 0 radical (unpaired) electrons. The maximum atomic E-state index is 11.8. The number of nitrogen functional groups attached to an aromatic ring is 1. The molecule has 5 N–H and O–H groups in total. The number of aromatic nitrogens is 2. The zero-order valence-corrected chi connectivity index (χ0v) is 11.9. The van der Waals surface area contributed by atoms with Gasteiger partial charge in [0.25, 0.3) is 0 Å². The molecular weight excluding hydrogens is 256 g/mol. The first kappa shape index (κ1) is 14.5. The van der Waals surface area contributed by atoms with Crippen molar-refractivity contribution in [2.24, 2.45) is 5.84 Å². The van der Waals surface area contributed by atoms with Crippen molar-refractivity contribution in [2.75, 3.05) is 17.3 Å². The van der Waals surface area contributed by atoms with Crippen LogP contribution in [0, 0.1) is 0 Å². The van der Waals surface area contributed by atoms with Gasteiger partial charge in [-0.1, -0.05) is 6.92 Å². The quantitative estimate of drug-likeness (QED) is 0.437.